The first-order valence-electron chi connectivity index (χ1n) is 6.03. The third-order valence-corrected chi connectivity index (χ3v) is 4.20. The lowest BCUT2D eigenvalue weighted by molar-refractivity contribution is -0.141. The van der Waals surface area contributed by atoms with Gasteiger partial charge in [-0.15, -0.1) is 0 Å². The first-order valence-corrected chi connectivity index (χ1v) is 7.19. The molecular weight excluding hydrogens is 268 g/mol. The summed E-state index contributed by atoms with van der Waals surface area (Å²) in [5.41, 5.74) is 0. The van der Waals surface area contributed by atoms with Gasteiger partial charge in [0.2, 0.25) is 5.91 Å². The zero-order chi connectivity index (χ0) is 13.8. The number of aliphatic carboxylic acids is 1. The fourth-order valence-corrected chi connectivity index (χ4v) is 3.15. The molecule has 0 aliphatic carbocycles. The second kappa shape index (κ2) is 6.05. The largest absolute Gasteiger partial charge is 0.481 e. The van der Waals surface area contributed by atoms with Crippen molar-refractivity contribution in [2.24, 2.45) is 0 Å². The predicted molar refractivity (Wildman–Crippen MR) is 69.8 cm³/mol. The maximum atomic E-state index is 12.4. The van der Waals surface area contributed by atoms with E-state index in [2.05, 4.69) is 10.1 Å². The molecule has 2 heterocycles. The molecule has 0 aromatic carbocycles. The normalized spacial score (nSPS) is 21.1. The van der Waals surface area contributed by atoms with Crippen molar-refractivity contribution < 1.29 is 14.7 Å². The highest BCUT2D eigenvalue weighted by atomic mass is 32.2. The maximum Gasteiger partial charge on any atom is 0.305 e. The number of carboxylic acid groups (broad SMARTS) is 1. The summed E-state index contributed by atoms with van der Waals surface area (Å²) in [5.74, 6) is 0.532. The van der Waals surface area contributed by atoms with Crippen molar-refractivity contribution in [2.45, 2.75) is 25.4 Å². The van der Waals surface area contributed by atoms with Gasteiger partial charge < -0.3 is 10.0 Å². The minimum atomic E-state index is -0.876. The summed E-state index contributed by atoms with van der Waals surface area (Å²) >= 11 is 1.68. The third-order valence-electron chi connectivity index (χ3n) is 3.11. The van der Waals surface area contributed by atoms with Gasteiger partial charge in [0.05, 0.1) is 12.5 Å². The fourth-order valence-electron chi connectivity index (χ4n) is 2.09. The average molecular weight is 284 g/mol. The monoisotopic (exact) mass is 284 g/mol. The Bertz CT molecular complexity index is 451. The Kier molecular flexibility index (Phi) is 4.41. The van der Waals surface area contributed by atoms with Crippen LogP contribution in [0.4, 0.5) is 0 Å². The van der Waals surface area contributed by atoms with Crippen LogP contribution in [0.3, 0.4) is 0 Å². The Morgan fingerprint density at radius 3 is 3.00 bits per heavy atom. The van der Waals surface area contributed by atoms with Gasteiger partial charge in [0.25, 0.3) is 0 Å². The highest BCUT2D eigenvalue weighted by Crippen LogP contribution is 2.22. The Labute approximate surface area is 115 Å². The van der Waals surface area contributed by atoms with E-state index in [0.29, 0.717) is 12.3 Å². The highest BCUT2D eigenvalue weighted by Gasteiger charge is 2.32. The van der Waals surface area contributed by atoms with Gasteiger partial charge in [0.15, 0.2) is 0 Å². The number of rotatable bonds is 4. The molecule has 1 aromatic rings. The molecule has 1 fully saturated rings. The molecule has 2 atom stereocenters. The number of carbonyl (C=O) groups is 2. The van der Waals surface area contributed by atoms with E-state index in [1.54, 1.807) is 23.6 Å². The Hall–Kier alpha value is -1.57. The van der Waals surface area contributed by atoms with Gasteiger partial charge in [-0.05, 0) is 6.92 Å². The number of hydrogen-bond donors (Lipinski definition) is 1. The molecule has 0 radical (unpaired) electrons. The van der Waals surface area contributed by atoms with Crippen molar-refractivity contribution in [1.29, 1.82) is 0 Å². The third kappa shape index (κ3) is 3.25. The van der Waals surface area contributed by atoms with Gasteiger partial charge in [-0.25, -0.2) is 9.67 Å². The molecule has 104 valence electrons. The molecule has 0 bridgehead atoms. The van der Waals surface area contributed by atoms with E-state index >= 15 is 0 Å². The molecule has 1 aliphatic heterocycles. The smallest absolute Gasteiger partial charge is 0.305 e. The molecule has 1 saturated heterocycles. The van der Waals surface area contributed by atoms with E-state index in [1.165, 1.54) is 17.3 Å². The number of carbonyl (C=O) groups excluding carboxylic acids is 1. The minimum Gasteiger partial charge on any atom is -0.481 e. The zero-order valence-corrected chi connectivity index (χ0v) is 11.4. The van der Waals surface area contributed by atoms with Gasteiger partial charge in [-0.2, -0.15) is 16.9 Å². The van der Waals surface area contributed by atoms with Crippen molar-refractivity contribution in [1.82, 2.24) is 19.7 Å². The fraction of sp³-hybridized carbons (Fsp3) is 0.636. The first-order chi connectivity index (χ1) is 9.09. The minimum absolute atomic E-state index is 0.0111. The molecule has 8 heteroatoms. The molecule has 1 amide bonds. The molecule has 1 N–H and O–H groups in total. The second-order valence-corrected chi connectivity index (χ2v) is 5.56. The van der Waals surface area contributed by atoms with Gasteiger partial charge in [0.1, 0.15) is 18.7 Å². The van der Waals surface area contributed by atoms with Crippen LogP contribution in [0.5, 0.6) is 0 Å². The quantitative estimate of drug-likeness (QED) is 0.853. The van der Waals surface area contributed by atoms with Crippen LogP contribution in [0.2, 0.25) is 0 Å². The van der Waals surface area contributed by atoms with Crippen LogP contribution in [-0.2, 0) is 9.59 Å². The number of nitrogens with zero attached hydrogens (tertiary/aromatic N) is 4. The first kappa shape index (κ1) is 13.9. The van der Waals surface area contributed by atoms with Crippen molar-refractivity contribution in [2.75, 3.05) is 18.1 Å². The Balaban J connectivity index is 2.08. The highest BCUT2D eigenvalue weighted by molar-refractivity contribution is 7.99. The molecule has 2 unspecified atom stereocenters. The molecule has 0 spiro atoms. The maximum absolute atomic E-state index is 12.4. The summed E-state index contributed by atoms with van der Waals surface area (Å²) in [6.45, 7) is 2.33. The molecule has 7 nitrogen and oxygen atoms in total. The van der Waals surface area contributed by atoms with Crippen LogP contribution in [-0.4, -0.2) is 60.7 Å². The lowest BCUT2D eigenvalue weighted by atomic mass is 10.1. The van der Waals surface area contributed by atoms with Crippen LogP contribution >= 0.6 is 11.8 Å². The summed E-state index contributed by atoms with van der Waals surface area (Å²) < 4.78 is 1.49. The number of hydrogen-bond acceptors (Lipinski definition) is 5. The lowest BCUT2D eigenvalue weighted by Gasteiger charge is -2.36. The SMILES string of the molecule is CC(C(=O)N1CCSCC1CC(=O)O)n1cncn1. The van der Waals surface area contributed by atoms with Crippen molar-refractivity contribution in [3.8, 4) is 0 Å². The van der Waals surface area contributed by atoms with Crippen molar-refractivity contribution in [3.63, 3.8) is 0 Å². The van der Waals surface area contributed by atoms with Gasteiger partial charge in [-0.3, -0.25) is 9.59 Å². The van der Waals surface area contributed by atoms with E-state index in [-0.39, 0.29) is 18.4 Å². The molecular formula is C11H16N4O3S. The van der Waals surface area contributed by atoms with E-state index in [1.807, 2.05) is 0 Å². The summed E-state index contributed by atoms with van der Waals surface area (Å²) in [6, 6.07) is -0.698. The predicted octanol–water partition coefficient (Wildman–Crippen LogP) is 0.258. The number of amides is 1. The summed E-state index contributed by atoms with van der Waals surface area (Å²) in [4.78, 5) is 28.8. The zero-order valence-electron chi connectivity index (χ0n) is 10.6. The number of aromatic nitrogens is 3. The van der Waals surface area contributed by atoms with E-state index in [9.17, 15) is 9.59 Å². The van der Waals surface area contributed by atoms with Gasteiger partial charge in [0, 0.05) is 18.1 Å². The van der Waals surface area contributed by atoms with Gasteiger partial charge >= 0.3 is 5.97 Å². The van der Waals surface area contributed by atoms with Crippen molar-refractivity contribution in [3.05, 3.63) is 12.7 Å². The molecule has 2 rings (SSSR count). The molecule has 19 heavy (non-hydrogen) atoms. The Morgan fingerprint density at radius 2 is 2.37 bits per heavy atom. The van der Waals surface area contributed by atoms with Crippen LogP contribution in [0.1, 0.15) is 19.4 Å². The number of thioether (sulfide) groups is 1. The summed E-state index contributed by atoms with van der Waals surface area (Å²) in [5, 5.41) is 12.9. The van der Waals surface area contributed by atoms with E-state index in [0.717, 1.165) is 5.75 Å². The molecule has 0 saturated carbocycles. The van der Waals surface area contributed by atoms with Gasteiger partial charge in [-0.1, -0.05) is 0 Å². The van der Waals surface area contributed by atoms with Crippen LogP contribution < -0.4 is 0 Å². The topological polar surface area (TPSA) is 88.3 Å². The number of carboxylic acids is 1. The average Bonchev–Trinajstić information content (AvgIpc) is 2.91. The van der Waals surface area contributed by atoms with E-state index < -0.39 is 12.0 Å². The van der Waals surface area contributed by atoms with E-state index in [4.69, 9.17) is 5.11 Å². The standard InChI is InChI=1S/C11H16N4O3S/c1-8(15-7-12-6-13-15)11(18)14-2-3-19-5-9(14)4-10(16)17/h6-9H,2-5H2,1H3,(H,16,17). The van der Waals surface area contributed by atoms with Crippen LogP contribution in [0.25, 0.3) is 0 Å². The summed E-state index contributed by atoms with van der Waals surface area (Å²) in [6.07, 6.45) is 2.86. The molecule has 1 aromatic heterocycles. The second-order valence-electron chi connectivity index (χ2n) is 4.41. The van der Waals surface area contributed by atoms with Crippen LogP contribution in [0, 0.1) is 0 Å². The Morgan fingerprint density at radius 1 is 1.58 bits per heavy atom. The van der Waals surface area contributed by atoms with Crippen LogP contribution in [0.15, 0.2) is 12.7 Å². The van der Waals surface area contributed by atoms with Crippen molar-refractivity contribution >= 4 is 23.6 Å². The summed E-state index contributed by atoms with van der Waals surface area (Å²) in [7, 11) is 0. The molecule has 1 aliphatic rings. The lowest BCUT2D eigenvalue weighted by Crippen LogP contribution is -2.49.